The van der Waals surface area contributed by atoms with Gasteiger partial charge in [-0.1, -0.05) is 19.9 Å². The van der Waals surface area contributed by atoms with Crippen LogP contribution in [-0.4, -0.2) is 23.6 Å². The molecule has 0 aromatic heterocycles. The highest BCUT2D eigenvalue weighted by molar-refractivity contribution is 5.88. The number of hydroxylamine groups is 1. The molecule has 0 aromatic carbocycles. The van der Waals surface area contributed by atoms with E-state index in [1.807, 2.05) is 12.4 Å². The highest BCUT2D eigenvalue weighted by Gasteiger charge is 2.09. The van der Waals surface area contributed by atoms with Crippen molar-refractivity contribution in [3.8, 4) is 0 Å². The number of nitrogens with one attached hydrogen (secondary N) is 1. The highest BCUT2D eigenvalue weighted by Crippen LogP contribution is 1.99. The molecule has 0 aromatic rings. The summed E-state index contributed by atoms with van der Waals surface area (Å²) in [5.74, 6) is -1.05. The summed E-state index contributed by atoms with van der Waals surface area (Å²) in [6, 6.07) is 0. The largest absolute Gasteiger partial charge is 0.396 e. The maximum Gasteiger partial charge on any atom is 0.358 e. The minimum absolute atomic E-state index is 0.133. The van der Waals surface area contributed by atoms with Gasteiger partial charge >= 0.3 is 5.97 Å². The summed E-state index contributed by atoms with van der Waals surface area (Å²) < 4.78 is 0. The quantitative estimate of drug-likeness (QED) is 0.505. The van der Waals surface area contributed by atoms with Gasteiger partial charge in [-0.25, -0.2) is 4.79 Å². The number of carbonyl (C=O) groups excluding carboxylic acids is 2. The van der Waals surface area contributed by atoms with E-state index in [4.69, 9.17) is 5.11 Å². The molecule has 15 heavy (non-hydrogen) atoms. The third-order valence-electron chi connectivity index (χ3n) is 1.72. The Morgan fingerprint density at radius 3 is 2.60 bits per heavy atom. The lowest BCUT2D eigenvalue weighted by atomic mass is 10.2. The molecule has 0 bridgehead atoms. The van der Waals surface area contributed by atoms with Crippen LogP contribution in [0.5, 0.6) is 0 Å². The first-order valence-electron chi connectivity index (χ1n) is 4.90. The molecule has 5 nitrogen and oxygen atoms in total. The van der Waals surface area contributed by atoms with E-state index in [9.17, 15) is 9.59 Å². The first-order valence-corrected chi connectivity index (χ1v) is 4.90. The van der Waals surface area contributed by atoms with E-state index in [1.165, 1.54) is 0 Å². The first kappa shape index (κ1) is 13.6. The summed E-state index contributed by atoms with van der Waals surface area (Å²) >= 11 is 0. The summed E-state index contributed by atoms with van der Waals surface area (Å²) in [5, 5.41) is 8.52. The Labute approximate surface area is 89.1 Å². The Hall–Kier alpha value is -1.36. The zero-order chi connectivity index (χ0) is 11.7. The van der Waals surface area contributed by atoms with Crippen molar-refractivity contribution in [3.63, 3.8) is 0 Å². The van der Waals surface area contributed by atoms with Crippen LogP contribution >= 0.6 is 0 Å². The lowest BCUT2D eigenvalue weighted by molar-refractivity contribution is -0.154. The van der Waals surface area contributed by atoms with Crippen molar-refractivity contribution in [2.75, 3.05) is 6.61 Å². The minimum Gasteiger partial charge on any atom is -0.396 e. The molecule has 1 amide bonds. The molecular weight excluding hydrogens is 198 g/mol. The number of rotatable bonds is 6. The predicted octanol–water partition coefficient (Wildman–Crippen LogP) is 0.690. The summed E-state index contributed by atoms with van der Waals surface area (Å²) in [6.07, 6.45) is 2.12. The molecule has 0 radical (unpaired) electrons. The Balaban J connectivity index is 3.70. The number of amides is 1. The summed E-state index contributed by atoms with van der Waals surface area (Å²) in [4.78, 5) is 26.5. The van der Waals surface area contributed by atoms with Crippen LogP contribution in [-0.2, 0) is 14.4 Å². The van der Waals surface area contributed by atoms with Crippen LogP contribution in [0.2, 0.25) is 0 Å². The van der Waals surface area contributed by atoms with Crippen LogP contribution < -0.4 is 5.48 Å². The molecular formula is C10H17NO4. The van der Waals surface area contributed by atoms with Crippen molar-refractivity contribution >= 4 is 11.9 Å². The molecule has 0 fully saturated rings. The van der Waals surface area contributed by atoms with Crippen LogP contribution in [0.25, 0.3) is 0 Å². The summed E-state index contributed by atoms with van der Waals surface area (Å²) in [7, 11) is 0. The van der Waals surface area contributed by atoms with Crippen LogP contribution in [0, 0.1) is 0 Å². The van der Waals surface area contributed by atoms with Crippen molar-refractivity contribution in [1.29, 1.82) is 0 Å². The predicted molar refractivity (Wildman–Crippen MR) is 54.6 cm³/mol. The molecule has 0 heterocycles. The molecule has 0 aliphatic rings. The minimum atomic E-state index is -0.714. The van der Waals surface area contributed by atoms with Crippen LogP contribution in [0.15, 0.2) is 12.2 Å². The average molecular weight is 215 g/mol. The monoisotopic (exact) mass is 215 g/mol. The molecule has 5 heteroatoms. The fourth-order valence-corrected chi connectivity index (χ4v) is 0.801. The van der Waals surface area contributed by atoms with Gasteiger partial charge in [0.2, 0.25) is 0 Å². The van der Waals surface area contributed by atoms with E-state index in [1.54, 1.807) is 0 Å². The molecule has 0 aliphatic heterocycles. The fraction of sp³-hybridized carbons (Fsp3) is 0.600. The normalized spacial score (nSPS) is 9.47. The van der Waals surface area contributed by atoms with Gasteiger partial charge in [-0.3, -0.25) is 4.79 Å². The maximum absolute atomic E-state index is 11.1. The van der Waals surface area contributed by atoms with Gasteiger partial charge in [0.05, 0.1) is 0 Å². The third kappa shape index (κ3) is 6.68. The number of hydrogen-bond acceptors (Lipinski definition) is 4. The van der Waals surface area contributed by atoms with Gasteiger partial charge in [-0.05, 0) is 6.42 Å². The third-order valence-corrected chi connectivity index (χ3v) is 1.72. The molecule has 0 saturated heterocycles. The lowest BCUT2D eigenvalue weighted by Gasteiger charge is -2.05. The molecule has 86 valence electrons. The average Bonchev–Trinajstić information content (AvgIpc) is 2.23. The Morgan fingerprint density at radius 2 is 2.07 bits per heavy atom. The second-order valence-corrected chi connectivity index (χ2v) is 3.10. The van der Waals surface area contributed by atoms with E-state index >= 15 is 0 Å². The zero-order valence-electron chi connectivity index (χ0n) is 8.91. The van der Waals surface area contributed by atoms with Gasteiger partial charge in [-0.15, -0.1) is 0 Å². The number of aliphatic hydroxyl groups excluding tert-OH is 1. The van der Waals surface area contributed by atoms with Gasteiger partial charge < -0.3 is 9.94 Å². The smallest absolute Gasteiger partial charge is 0.358 e. The number of hydrogen-bond donors (Lipinski definition) is 2. The zero-order valence-corrected chi connectivity index (χ0v) is 8.91. The standard InChI is InChI=1S/C10H17NO4/c1-3-4-5-9(13)11-15-10(14)8(2)6-7-12/h12H,2-7H2,1H3,(H,11,13). The second-order valence-electron chi connectivity index (χ2n) is 3.10. The number of aliphatic hydroxyl groups is 1. The van der Waals surface area contributed by atoms with E-state index in [-0.39, 0.29) is 24.5 Å². The maximum atomic E-state index is 11.1. The Bertz CT molecular complexity index is 238. The van der Waals surface area contributed by atoms with Crippen molar-refractivity contribution in [2.45, 2.75) is 32.6 Å². The molecule has 0 saturated carbocycles. The van der Waals surface area contributed by atoms with E-state index < -0.39 is 5.97 Å². The van der Waals surface area contributed by atoms with Gasteiger partial charge in [0.15, 0.2) is 0 Å². The van der Waals surface area contributed by atoms with E-state index in [2.05, 4.69) is 11.4 Å². The van der Waals surface area contributed by atoms with Crippen LogP contribution in [0.3, 0.4) is 0 Å². The lowest BCUT2D eigenvalue weighted by Crippen LogP contribution is -2.27. The first-order chi connectivity index (χ1) is 7.11. The van der Waals surface area contributed by atoms with Crippen LogP contribution in [0.1, 0.15) is 32.6 Å². The van der Waals surface area contributed by atoms with Gasteiger partial charge in [0.1, 0.15) is 0 Å². The topological polar surface area (TPSA) is 75.6 Å². The van der Waals surface area contributed by atoms with Crippen molar-refractivity contribution in [2.24, 2.45) is 0 Å². The molecule has 2 N–H and O–H groups in total. The van der Waals surface area contributed by atoms with Gasteiger partial charge in [0.25, 0.3) is 5.91 Å². The Kier molecular flexibility index (Phi) is 7.27. The highest BCUT2D eigenvalue weighted by atomic mass is 16.7. The van der Waals surface area contributed by atoms with Crippen molar-refractivity contribution in [3.05, 3.63) is 12.2 Å². The van der Waals surface area contributed by atoms with E-state index in [0.717, 1.165) is 12.8 Å². The van der Waals surface area contributed by atoms with Crippen molar-refractivity contribution in [1.82, 2.24) is 5.48 Å². The van der Waals surface area contributed by atoms with Crippen molar-refractivity contribution < 1.29 is 19.5 Å². The SMILES string of the molecule is C=C(CCO)C(=O)ONC(=O)CCCC. The molecule has 0 atom stereocenters. The number of carbonyl (C=O) groups is 2. The van der Waals surface area contributed by atoms with Crippen LogP contribution in [0.4, 0.5) is 0 Å². The molecule has 0 rings (SSSR count). The van der Waals surface area contributed by atoms with Gasteiger partial charge in [0, 0.05) is 25.0 Å². The molecule has 0 aliphatic carbocycles. The number of unbranched alkanes of at least 4 members (excludes halogenated alkanes) is 1. The summed E-state index contributed by atoms with van der Waals surface area (Å²) in [5.41, 5.74) is 2.16. The molecule has 0 unspecified atom stereocenters. The molecule has 0 spiro atoms. The van der Waals surface area contributed by atoms with Gasteiger partial charge in [-0.2, -0.15) is 5.48 Å². The Morgan fingerprint density at radius 1 is 1.40 bits per heavy atom. The summed E-state index contributed by atoms with van der Waals surface area (Å²) in [6.45, 7) is 5.19. The fourth-order valence-electron chi connectivity index (χ4n) is 0.801. The van der Waals surface area contributed by atoms with E-state index in [0.29, 0.717) is 6.42 Å². The second kappa shape index (κ2) is 7.99.